The van der Waals surface area contributed by atoms with Crippen LogP contribution in [0.1, 0.15) is 28.7 Å². The van der Waals surface area contributed by atoms with E-state index in [1.165, 1.54) is 11.3 Å². The number of thiophene rings is 1. The third-order valence-electron chi connectivity index (χ3n) is 7.13. The normalized spacial score (nSPS) is 17.6. The minimum absolute atomic E-state index is 0.250. The van der Waals surface area contributed by atoms with E-state index in [0.29, 0.717) is 51.2 Å². The maximum atomic E-state index is 16.4. The Bertz CT molecular complexity index is 1560. The van der Waals surface area contributed by atoms with Crippen molar-refractivity contribution in [3.05, 3.63) is 40.5 Å². The predicted octanol–water partition coefficient (Wildman–Crippen LogP) is 3.98. The maximum absolute atomic E-state index is 16.4. The second-order valence-corrected chi connectivity index (χ2v) is 10.4. The molecule has 1 saturated heterocycles. The Hall–Kier alpha value is -3.39. The molecule has 6 rings (SSSR count). The van der Waals surface area contributed by atoms with E-state index in [4.69, 9.17) is 15.5 Å². The van der Waals surface area contributed by atoms with E-state index < -0.39 is 5.82 Å². The molecule has 3 aromatic heterocycles. The van der Waals surface area contributed by atoms with Crippen molar-refractivity contribution in [1.82, 2.24) is 19.9 Å². The van der Waals surface area contributed by atoms with Gasteiger partial charge in [0.2, 0.25) is 5.95 Å². The predicted molar refractivity (Wildman–Crippen MR) is 135 cm³/mol. The lowest BCUT2D eigenvalue weighted by atomic mass is 9.93. The quantitative estimate of drug-likeness (QED) is 0.461. The van der Waals surface area contributed by atoms with Crippen molar-refractivity contribution < 1.29 is 9.13 Å². The van der Waals surface area contributed by atoms with Crippen LogP contribution in [-0.4, -0.2) is 53.1 Å². The van der Waals surface area contributed by atoms with Gasteiger partial charge in [0.15, 0.2) is 5.82 Å². The number of nitriles is 1. The maximum Gasteiger partial charge on any atom is 0.226 e. The number of pyridine rings is 1. The Labute approximate surface area is 205 Å². The summed E-state index contributed by atoms with van der Waals surface area (Å²) in [5.41, 5.74) is 9.98. The standard InChI is InChI=1S/C25H24FN7OS/c1-12-7-29-22(19-14(6-27)24(28)35-23(12)19)18-17-11-34-10-16(17)15-8-30-25(31-21(15)20(18)26)33-5-4-13(9-33)32(2)3/h7-8,13H,4-5,9-11,28H2,1-3H3/t13-/m0/s1. The van der Waals surface area contributed by atoms with Gasteiger partial charge < -0.3 is 20.3 Å². The average Bonchev–Trinajstić information content (AvgIpc) is 3.59. The number of hydrogen-bond donors (Lipinski definition) is 1. The van der Waals surface area contributed by atoms with Crippen molar-refractivity contribution in [1.29, 1.82) is 5.26 Å². The first kappa shape index (κ1) is 22.1. The van der Waals surface area contributed by atoms with Crippen molar-refractivity contribution >= 4 is 43.3 Å². The van der Waals surface area contributed by atoms with Gasteiger partial charge in [-0.2, -0.15) is 5.26 Å². The molecule has 2 aliphatic rings. The number of fused-ring (bicyclic) bond motifs is 4. The highest BCUT2D eigenvalue weighted by atomic mass is 32.1. The minimum atomic E-state index is -0.470. The van der Waals surface area contributed by atoms with Crippen LogP contribution in [0.15, 0.2) is 12.4 Å². The number of hydrogen-bond acceptors (Lipinski definition) is 9. The first-order valence-corrected chi connectivity index (χ1v) is 12.3. The number of nitrogen functional groups attached to an aromatic ring is 1. The molecular weight excluding hydrogens is 465 g/mol. The van der Waals surface area contributed by atoms with Gasteiger partial charge in [-0.05, 0) is 44.1 Å². The number of halogens is 1. The van der Waals surface area contributed by atoms with E-state index in [0.717, 1.165) is 40.9 Å². The molecule has 1 aromatic carbocycles. The molecule has 4 aromatic rings. The second-order valence-electron chi connectivity index (χ2n) is 9.37. The number of aryl methyl sites for hydroxylation is 1. The lowest BCUT2D eigenvalue weighted by Gasteiger charge is -2.21. The molecule has 0 radical (unpaired) electrons. The number of anilines is 2. The van der Waals surface area contributed by atoms with Crippen molar-refractivity contribution in [3.63, 3.8) is 0 Å². The fourth-order valence-electron chi connectivity index (χ4n) is 5.19. The molecule has 0 spiro atoms. The summed E-state index contributed by atoms with van der Waals surface area (Å²) in [6.07, 6.45) is 4.42. The molecule has 0 aliphatic carbocycles. The highest BCUT2D eigenvalue weighted by Gasteiger charge is 2.31. The summed E-state index contributed by atoms with van der Waals surface area (Å²) in [6, 6.07) is 2.60. The van der Waals surface area contributed by atoms with Crippen LogP contribution in [0.25, 0.3) is 32.2 Å². The van der Waals surface area contributed by atoms with Gasteiger partial charge in [-0.3, -0.25) is 4.98 Å². The Balaban J connectivity index is 1.60. The Kier molecular flexibility index (Phi) is 5.11. The van der Waals surface area contributed by atoms with E-state index in [1.54, 1.807) is 12.4 Å². The van der Waals surface area contributed by atoms with Crippen LogP contribution >= 0.6 is 11.3 Å². The first-order valence-electron chi connectivity index (χ1n) is 11.5. The average molecular weight is 490 g/mol. The van der Waals surface area contributed by atoms with E-state index in [2.05, 4.69) is 39.9 Å². The number of nitrogens with zero attached hydrogens (tertiary/aromatic N) is 6. The number of ether oxygens (including phenoxy) is 1. The van der Waals surface area contributed by atoms with Crippen LogP contribution in [0, 0.1) is 24.1 Å². The van der Waals surface area contributed by atoms with Gasteiger partial charge in [-0.15, -0.1) is 11.3 Å². The van der Waals surface area contributed by atoms with Gasteiger partial charge in [-0.1, -0.05) is 0 Å². The minimum Gasteiger partial charge on any atom is -0.389 e. The van der Waals surface area contributed by atoms with Gasteiger partial charge >= 0.3 is 0 Å². The molecular formula is C25H24FN7OS. The third kappa shape index (κ3) is 3.26. The summed E-state index contributed by atoms with van der Waals surface area (Å²) >= 11 is 1.33. The molecule has 178 valence electrons. The second kappa shape index (κ2) is 8.09. The molecule has 0 amide bonds. The van der Waals surface area contributed by atoms with Crippen molar-refractivity contribution in [2.75, 3.05) is 37.8 Å². The van der Waals surface area contributed by atoms with Gasteiger partial charge in [0.1, 0.15) is 16.6 Å². The summed E-state index contributed by atoms with van der Waals surface area (Å²) in [5.74, 6) is 0.0487. The molecule has 35 heavy (non-hydrogen) atoms. The summed E-state index contributed by atoms with van der Waals surface area (Å²) in [4.78, 5) is 18.2. The fourth-order valence-corrected chi connectivity index (χ4v) is 6.17. The molecule has 1 atom stereocenters. The van der Waals surface area contributed by atoms with Crippen molar-refractivity contribution in [2.45, 2.75) is 32.6 Å². The number of aromatic nitrogens is 3. The Morgan fingerprint density at radius 2 is 2.06 bits per heavy atom. The summed E-state index contributed by atoms with van der Waals surface area (Å²) in [5, 5.41) is 11.5. The zero-order valence-corrected chi connectivity index (χ0v) is 20.5. The van der Waals surface area contributed by atoms with Gasteiger partial charge in [0, 0.05) is 52.6 Å². The zero-order valence-electron chi connectivity index (χ0n) is 19.7. The number of likely N-dealkylation sites (N-methyl/N-ethyl adjacent to an activating group) is 1. The van der Waals surface area contributed by atoms with Gasteiger partial charge in [0.25, 0.3) is 0 Å². The van der Waals surface area contributed by atoms with E-state index in [1.807, 2.05) is 6.92 Å². The molecule has 1 fully saturated rings. The number of nitrogens with two attached hydrogens (primary N) is 1. The van der Waals surface area contributed by atoms with E-state index in [9.17, 15) is 5.26 Å². The van der Waals surface area contributed by atoms with Crippen LogP contribution in [0.2, 0.25) is 0 Å². The highest BCUT2D eigenvalue weighted by molar-refractivity contribution is 7.23. The van der Waals surface area contributed by atoms with Crippen LogP contribution in [-0.2, 0) is 18.0 Å². The van der Waals surface area contributed by atoms with Gasteiger partial charge in [-0.25, -0.2) is 14.4 Å². The molecule has 10 heteroatoms. The van der Waals surface area contributed by atoms with Crippen LogP contribution < -0.4 is 10.6 Å². The van der Waals surface area contributed by atoms with Crippen molar-refractivity contribution in [2.24, 2.45) is 0 Å². The lowest BCUT2D eigenvalue weighted by molar-refractivity contribution is 0.135. The summed E-state index contributed by atoms with van der Waals surface area (Å²) in [6.45, 7) is 4.13. The highest BCUT2D eigenvalue weighted by Crippen LogP contribution is 2.45. The number of rotatable bonds is 3. The molecule has 8 nitrogen and oxygen atoms in total. The van der Waals surface area contributed by atoms with Crippen LogP contribution in [0.4, 0.5) is 15.3 Å². The van der Waals surface area contributed by atoms with Crippen LogP contribution in [0.3, 0.4) is 0 Å². The van der Waals surface area contributed by atoms with Crippen LogP contribution in [0.5, 0.6) is 0 Å². The number of benzene rings is 1. The monoisotopic (exact) mass is 489 g/mol. The third-order valence-corrected chi connectivity index (χ3v) is 8.28. The smallest absolute Gasteiger partial charge is 0.226 e. The topological polar surface area (TPSA) is 104 Å². The Morgan fingerprint density at radius 1 is 1.26 bits per heavy atom. The summed E-state index contributed by atoms with van der Waals surface area (Å²) < 4.78 is 23.0. The molecule has 5 heterocycles. The fraction of sp³-hybridized carbons (Fsp3) is 0.360. The largest absolute Gasteiger partial charge is 0.389 e. The first-order chi connectivity index (χ1) is 16.9. The molecule has 2 aliphatic heterocycles. The SMILES string of the molecule is Cc1cnc(-c2c3c(c4cnc(N5CC[C@H](N(C)C)C5)nc4c2F)COC3)c2c(C#N)c(N)sc12. The van der Waals surface area contributed by atoms with Gasteiger partial charge in [0.05, 0.1) is 24.5 Å². The molecule has 0 bridgehead atoms. The molecule has 0 saturated carbocycles. The van der Waals surface area contributed by atoms with E-state index >= 15 is 4.39 Å². The Morgan fingerprint density at radius 3 is 2.80 bits per heavy atom. The zero-order chi connectivity index (χ0) is 24.4. The lowest BCUT2D eigenvalue weighted by Crippen LogP contribution is -2.32. The van der Waals surface area contributed by atoms with E-state index in [-0.39, 0.29) is 12.1 Å². The molecule has 2 N–H and O–H groups in total. The van der Waals surface area contributed by atoms with Crippen molar-refractivity contribution in [3.8, 4) is 17.3 Å². The summed E-state index contributed by atoms with van der Waals surface area (Å²) in [7, 11) is 4.12. The molecule has 0 unspecified atom stereocenters.